The van der Waals surface area contributed by atoms with Crippen molar-refractivity contribution in [3.05, 3.63) is 47.9 Å². The lowest BCUT2D eigenvalue weighted by molar-refractivity contribution is 0.0584. The third kappa shape index (κ3) is 3.16. The van der Waals surface area contributed by atoms with Crippen molar-refractivity contribution in [2.45, 2.75) is 32.8 Å². The van der Waals surface area contributed by atoms with E-state index in [1.165, 1.54) is 0 Å². The Hall–Kier alpha value is -3.22. The minimum absolute atomic E-state index is 0.348. The molecule has 0 saturated carbocycles. The van der Waals surface area contributed by atoms with E-state index in [0.717, 1.165) is 23.4 Å². The number of aromatic nitrogens is 3. The molecule has 0 aliphatic carbocycles. The van der Waals surface area contributed by atoms with Crippen molar-refractivity contribution >= 4 is 29.2 Å². The van der Waals surface area contributed by atoms with Crippen molar-refractivity contribution < 1.29 is 14.3 Å². The molecule has 0 bridgehead atoms. The van der Waals surface area contributed by atoms with Gasteiger partial charge in [-0.05, 0) is 57.0 Å². The van der Waals surface area contributed by atoms with Gasteiger partial charge in [-0.1, -0.05) is 6.07 Å². The van der Waals surface area contributed by atoms with E-state index in [2.05, 4.69) is 9.97 Å². The number of hydrogen-bond donors (Lipinski definition) is 0. The number of carbonyl (C=O) groups excluding carboxylic acids is 2. The van der Waals surface area contributed by atoms with Gasteiger partial charge in [0.05, 0.1) is 11.4 Å². The molecule has 0 radical (unpaired) electrons. The number of rotatable bonds is 2. The zero-order valence-corrected chi connectivity index (χ0v) is 15.5. The lowest BCUT2D eigenvalue weighted by Crippen LogP contribution is -2.35. The van der Waals surface area contributed by atoms with E-state index in [9.17, 15) is 9.59 Å². The molecule has 0 N–H and O–H groups in total. The smallest absolute Gasteiger partial charge is 0.414 e. The Labute approximate surface area is 156 Å². The molecule has 1 aliphatic heterocycles. The number of pyridine rings is 1. The number of carbonyl (C=O) groups is 2. The van der Waals surface area contributed by atoms with Gasteiger partial charge in [0.2, 0.25) is 0 Å². The van der Waals surface area contributed by atoms with Gasteiger partial charge in [0.25, 0.3) is 0 Å². The van der Waals surface area contributed by atoms with Crippen molar-refractivity contribution in [1.82, 2.24) is 14.5 Å². The van der Waals surface area contributed by atoms with Crippen LogP contribution in [0.3, 0.4) is 0 Å². The molecule has 7 heteroatoms. The van der Waals surface area contributed by atoms with Crippen LogP contribution in [0.5, 0.6) is 0 Å². The lowest BCUT2D eigenvalue weighted by atomic mass is 10.1. The third-order valence-electron chi connectivity index (χ3n) is 4.39. The number of aldehydes is 1. The molecule has 1 aromatic carbocycles. The van der Waals surface area contributed by atoms with Crippen LogP contribution in [-0.4, -0.2) is 39.1 Å². The zero-order chi connectivity index (χ0) is 19.2. The molecule has 0 spiro atoms. The molecular weight excluding hydrogens is 344 g/mol. The molecule has 3 heterocycles. The van der Waals surface area contributed by atoms with E-state index in [4.69, 9.17) is 4.74 Å². The Morgan fingerprint density at radius 2 is 2.04 bits per heavy atom. The summed E-state index contributed by atoms with van der Waals surface area (Å²) in [5.41, 5.74) is 3.84. The van der Waals surface area contributed by atoms with Crippen molar-refractivity contribution in [3.63, 3.8) is 0 Å². The highest BCUT2D eigenvalue weighted by Gasteiger charge is 2.29. The maximum absolute atomic E-state index is 12.6. The molecule has 138 valence electrons. The monoisotopic (exact) mass is 364 g/mol. The Kier molecular flexibility index (Phi) is 3.95. The predicted octanol–water partition coefficient (Wildman–Crippen LogP) is 3.53. The number of amides is 1. The fourth-order valence-corrected chi connectivity index (χ4v) is 3.19. The number of anilines is 1. The summed E-state index contributed by atoms with van der Waals surface area (Å²) >= 11 is 0. The second-order valence-electron chi connectivity index (χ2n) is 7.51. The van der Waals surface area contributed by atoms with Crippen molar-refractivity contribution in [2.75, 3.05) is 11.4 Å². The van der Waals surface area contributed by atoms with Gasteiger partial charge in [-0.3, -0.25) is 14.3 Å². The van der Waals surface area contributed by atoms with E-state index in [1.807, 2.05) is 43.5 Å². The highest BCUT2D eigenvalue weighted by atomic mass is 16.6. The van der Waals surface area contributed by atoms with Crippen LogP contribution in [0.25, 0.3) is 16.9 Å². The Morgan fingerprint density at radius 3 is 2.78 bits per heavy atom. The average molecular weight is 364 g/mol. The topological polar surface area (TPSA) is 77.3 Å². The first-order valence-corrected chi connectivity index (χ1v) is 8.79. The molecule has 0 fully saturated rings. The average Bonchev–Trinajstić information content (AvgIpc) is 3.23. The van der Waals surface area contributed by atoms with Gasteiger partial charge in [0.15, 0.2) is 11.9 Å². The van der Waals surface area contributed by atoms with E-state index in [1.54, 1.807) is 23.4 Å². The molecule has 4 rings (SSSR count). The summed E-state index contributed by atoms with van der Waals surface area (Å²) in [5, 5.41) is 0. The van der Waals surface area contributed by atoms with Crippen molar-refractivity contribution in [3.8, 4) is 5.69 Å². The fraction of sp³-hybridized carbons (Fsp3) is 0.300. The van der Waals surface area contributed by atoms with Gasteiger partial charge in [-0.25, -0.2) is 14.8 Å². The Balaban J connectivity index is 1.74. The van der Waals surface area contributed by atoms with Crippen LogP contribution in [0.4, 0.5) is 10.5 Å². The minimum atomic E-state index is -0.548. The molecular formula is C20H20N4O3. The van der Waals surface area contributed by atoms with Gasteiger partial charge in [-0.2, -0.15) is 0 Å². The van der Waals surface area contributed by atoms with Gasteiger partial charge in [0, 0.05) is 6.54 Å². The molecule has 0 atom stereocenters. The number of benzene rings is 1. The van der Waals surface area contributed by atoms with E-state index < -0.39 is 5.60 Å². The third-order valence-corrected chi connectivity index (χ3v) is 4.39. The van der Waals surface area contributed by atoms with Crippen LogP contribution in [0.2, 0.25) is 0 Å². The summed E-state index contributed by atoms with van der Waals surface area (Å²) in [6, 6.07) is 9.31. The zero-order valence-electron chi connectivity index (χ0n) is 15.5. The van der Waals surface area contributed by atoms with Crippen LogP contribution in [0.1, 0.15) is 36.8 Å². The quantitative estimate of drug-likeness (QED) is 0.650. The first-order chi connectivity index (χ1) is 12.9. The summed E-state index contributed by atoms with van der Waals surface area (Å²) < 4.78 is 7.34. The standard InChI is InChI=1S/C20H20N4O3/c1-20(2,3)27-19(26)23-9-8-13-4-6-15(10-17(13)23)24-12-21-16-7-5-14(11-25)22-18(16)24/h4-7,10-12H,8-9H2,1-3H3. The molecule has 2 aromatic heterocycles. The Morgan fingerprint density at radius 1 is 1.22 bits per heavy atom. The van der Waals surface area contributed by atoms with Crippen LogP contribution in [0.15, 0.2) is 36.7 Å². The van der Waals surface area contributed by atoms with Gasteiger partial charge in [0.1, 0.15) is 23.1 Å². The first kappa shape index (κ1) is 17.2. The fourth-order valence-electron chi connectivity index (χ4n) is 3.19. The summed E-state index contributed by atoms with van der Waals surface area (Å²) in [7, 11) is 0. The van der Waals surface area contributed by atoms with Crippen LogP contribution in [0, 0.1) is 0 Å². The summed E-state index contributed by atoms with van der Waals surface area (Å²) in [6.07, 6.45) is 2.81. The second-order valence-corrected chi connectivity index (χ2v) is 7.51. The van der Waals surface area contributed by atoms with Crippen LogP contribution < -0.4 is 4.90 Å². The van der Waals surface area contributed by atoms with Crippen molar-refractivity contribution in [1.29, 1.82) is 0 Å². The molecule has 0 saturated heterocycles. The van der Waals surface area contributed by atoms with Gasteiger partial charge in [-0.15, -0.1) is 0 Å². The molecule has 7 nitrogen and oxygen atoms in total. The number of hydrogen-bond acceptors (Lipinski definition) is 5. The Bertz CT molecular complexity index is 1050. The summed E-state index contributed by atoms with van der Waals surface area (Å²) in [5.74, 6) is 0. The molecule has 1 amide bonds. The predicted molar refractivity (Wildman–Crippen MR) is 102 cm³/mol. The van der Waals surface area contributed by atoms with Crippen molar-refractivity contribution in [2.24, 2.45) is 0 Å². The summed E-state index contributed by atoms with van der Waals surface area (Å²) in [4.78, 5) is 34.0. The highest BCUT2D eigenvalue weighted by molar-refractivity contribution is 5.91. The first-order valence-electron chi connectivity index (χ1n) is 8.79. The minimum Gasteiger partial charge on any atom is -0.443 e. The molecule has 27 heavy (non-hydrogen) atoms. The molecule has 0 unspecified atom stereocenters. The summed E-state index contributed by atoms with van der Waals surface area (Å²) in [6.45, 7) is 6.15. The number of nitrogens with zero attached hydrogens (tertiary/aromatic N) is 4. The molecule has 1 aliphatic rings. The van der Waals surface area contributed by atoms with Gasteiger partial charge < -0.3 is 4.74 Å². The number of ether oxygens (including phenoxy) is 1. The van der Waals surface area contributed by atoms with Crippen LogP contribution >= 0.6 is 0 Å². The maximum Gasteiger partial charge on any atom is 0.414 e. The number of fused-ring (bicyclic) bond motifs is 2. The van der Waals surface area contributed by atoms with E-state index in [-0.39, 0.29) is 6.09 Å². The van der Waals surface area contributed by atoms with Gasteiger partial charge >= 0.3 is 6.09 Å². The normalized spacial score (nSPS) is 13.7. The maximum atomic E-state index is 12.6. The largest absolute Gasteiger partial charge is 0.443 e. The second kappa shape index (κ2) is 6.19. The lowest BCUT2D eigenvalue weighted by Gasteiger charge is -2.25. The van der Waals surface area contributed by atoms with E-state index >= 15 is 0 Å². The molecule has 3 aromatic rings. The van der Waals surface area contributed by atoms with Crippen LogP contribution in [-0.2, 0) is 11.2 Å². The highest BCUT2D eigenvalue weighted by Crippen LogP contribution is 2.32. The number of imidazole rings is 1. The van der Waals surface area contributed by atoms with E-state index in [0.29, 0.717) is 29.7 Å². The SMILES string of the molecule is CC(C)(C)OC(=O)N1CCc2ccc(-n3cnc4ccc(C=O)nc43)cc21.